The second-order valence-electron chi connectivity index (χ2n) is 4.36. The Balaban J connectivity index is 2.15. The van der Waals surface area contributed by atoms with Gasteiger partial charge in [-0.2, -0.15) is 5.10 Å². The second-order valence-corrected chi connectivity index (χ2v) is 5.72. The fourth-order valence-electron chi connectivity index (χ4n) is 2.29. The van der Waals surface area contributed by atoms with Gasteiger partial charge in [-0.25, -0.2) is 9.97 Å². The second kappa shape index (κ2) is 4.94. The van der Waals surface area contributed by atoms with Gasteiger partial charge in [0.1, 0.15) is 16.3 Å². The van der Waals surface area contributed by atoms with Crippen molar-refractivity contribution in [1.82, 2.24) is 24.3 Å². The van der Waals surface area contributed by atoms with Gasteiger partial charge in [0, 0.05) is 30.9 Å². The largest absolute Gasteiger partial charge is 0.306 e. The Hall–Kier alpha value is -1.40. The Morgan fingerprint density at radius 1 is 1.42 bits per heavy atom. The van der Waals surface area contributed by atoms with Crippen LogP contribution in [0, 0.1) is 6.92 Å². The summed E-state index contributed by atoms with van der Waals surface area (Å²) < 4.78 is 4.04. The van der Waals surface area contributed by atoms with Crippen LogP contribution in [0.2, 0.25) is 0 Å². The lowest BCUT2D eigenvalue weighted by atomic mass is 10.4. The van der Waals surface area contributed by atoms with Crippen molar-refractivity contribution >= 4 is 34.1 Å². The topological polar surface area (TPSA) is 48.5 Å². The smallest absolute Gasteiger partial charge is 0.159 e. The van der Waals surface area contributed by atoms with E-state index >= 15 is 0 Å². The lowest BCUT2D eigenvalue weighted by Gasteiger charge is -2.06. The molecule has 0 aromatic carbocycles. The highest BCUT2D eigenvalue weighted by Gasteiger charge is 2.17. The van der Waals surface area contributed by atoms with Crippen LogP contribution in [-0.4, -0.2) is 30.2 Å². The minimum Gasteiger partial charge on any atom is -0.306 e. The van der Waals surface area contributed by atoms with Crippen molar-refractivity contribution in [1.29, 1.82) is 0 Å². The zero-order valence-electron chi connectivity index (χ0n) is 10.8. The molecule has 0 aliphatic rings. The zero-order valence-corrected chi connectivity index (χ0v) is 12.4. The number of aryl methyl sites for hydroxylation is 3. The number of aromatic nitrogens is 5. The fourth-order valence-corrected chi connectivity index (χ4v) is 3.06. The minimum absolute atomic E-state index is 0.563. The first-order chi connectivity index (χ1) is 9.20. The molecule has 5 nitrogen and oxygen atoms in total. The highest BCUT2D eigenvalue weighted by Crippen LogP contribution is 2.21. The van der Waals surface area contributed by atoms with Gasteiger partial charge in [-0.05, 0) is 6.92 Å². The summed E-state index contributed by atoms with van der Waals surface area (Å²) in [6, 6.07) is 0. The van der Waals surface area contributed by atoms with E-state index in [2.05, 4.69) is 19.6 Å². The van der Waals surface area contributed by atoms with E-state index in [1.165, 1.54) is 0 Å². The van der Waals surface area contributed by atoms with E-state index in [1.54, 1.807) is 11.3 Å². The lowest BCUT2D eigenvalue weighted by Crippen LogP contribution is -2.09. The van der Waals surface area contributed by atoms with Gasteiger partial charge in [0.15, 0.2) is 5.65 Å². The summed E-state index contributed by atoms with van der Waals surface area (Å²) in [6.45, 7) is 2.70. The van der Waals surface area contributed by atoms with E-state index in [9.17, 15) is 0 Å². The van der Waals surface area contributed by atoms with Crippen molar-refractivity contribution in [2.24, 2.45) is 7.05 Å². The molecule has 19 heavy (non-hydrogen) atoms. The molecular formula is C12H14ClN5S. The van der Waals surface area contributed by atoms with Crippen molar-refractivity contribution in [2.45, 2.75) is 19.9 Å². The van der Waals surface area contributed by atoms with Gasteiger partial charge in [-0.3, -0.25) is 4.68 Å². The third-order valence-electron chi connectivity index (χ3n) is 3.06. The molecule has 3 aromatic heterocycles. The van der Waals surface area contributed by atoms with Crippen LogP contribution in [0.5, 0.6) is 0 Å². The molecule has 0 aliphatic heterocycles. The van der Waals surface area contributed by atoms with Crippen LogP contribution in [0.4, 0.5) is 0 Å². The Labute approximate surface area is 119 Å². The molecule has 3 rings (SSSR count). The zero-order chi connectivity index (χ0) is 13.4. The number of rotatable bonds is 4. The van der Waals surface area contributed by atoms with Crippen LogP contribution >= 0.6 is 22.9 Å². The van der Waals surface area contributed by atoms with Gasteiger partial charge in [0.25, 0.3) is 0 Å². The predicted molar refractivity (Wildman–Crippen MR) is 76.9 cm³/mol. The van der Waals surface area contributed by atoms with Gasteiger partial charge in [0.05, 0.1) is 12.2 Å². The van der Waals surface area contributed by atoms with E-state index in [0.29, 0.717) is 5.88 Å². The summed E-state index contributed by atoms with van der Waals surface area (Å²) >= 11 is 7.52. The Bertz CT molecular complexity index is 697. The SMILES string of the molecule is Cc1nn(C)c2c1nc(CCCl)n2Cc1nccs1. The van der Waals surface area contributed by atoms with Crippen LogP contribution in [0.3, 0.4) is 0 Å². The number of fused-ring (bicyclic) bond motifs is 1. The Morgan fingerprint density at radius 2 is 2.26 bits per heavy atom. The molecule has 0 spiro atoms. The van der Waals surface area contributed by atoms with Gasteiger partial charge in [-0.1, -0.05) is 0 Å². The maximum absolute atomic E-state index is 5.88. The molecule has 100 valence electrons. The molecular weight excluding hydrogens is 282 g/mol. The molecule has 3 heterocycles. The molecule has 0 bridgehead atoms. The summed E-state index contributed by atoms with van der Waals surface area (Å²) in [6.07, 6.45) is 2.57. The molecule has 0 aliphatic carbocycles. The first kappa shape index (κ1) is 12.6. The molecule has 0 atom stereocenters. The molecule has 0 amide bonds. The Kier molecular flexibility index (Phi) is 3.28. The van der Waals surface area contributed by atoms with Crippen molar-refractivity contribution in [3.63, 3.8) is 0 Å². The number of alkyl halides is 1. The van der Waals surface area contributed by atoms with Gasteiger partial charge in [0.2, 0.25) is 0 Å². The normalized spacial score (nSPS) is 11.5. The summed E-state index contributed by atoms with van der Waals surface area (Å²) in [5, 5.41) is 7.47. The number of hydrogen-bond acceptors (Lipinski definition) is 4. The number of nitrogens with zero attached hydrogens (tertiary/aromatic N) is 5. The summed E-state index contributed by atoms with van der Waals surface area (Å²) in [5.41, 5.74) is 2.94. The first-order valence-corrected chi connectivity index (χ1v) is 7.45. The van der Waals surface area contributed by atoms with Crippen LogP contribution in [0.15, 0.2) is 11.6 Å². The minimum atomic E-state index is 0.563. The van der Waals surface area contributed by atoms with Crippen molar-refractivity contribution in [3.05, 3.63) is 28.1 Å². The highest BCUT2D eigenvalue weighted by atomic mass is 35.5. The molecule has 0 fully saturated rings. The van der Waals surface area contributed by atoms with E-state index in [-0.39, 0.29) is 0 Å². The number of thiazole rings is 1. The van der Waals surface area contributed by atoms with E-state index in [1.807, 2.05) is 30.2 Å². The maximum atomic E-state index is 5.88. The fraction of sp³-hybridized carbons (Fsp3) is 0.417. The number of halogens is 1. The number of hydrogen-bond donors (Lipinski definition) is 0. The summed E-state index contributed by atoms with van der Waals surface area (Å²) in [7, 11) is 1.94. The van der Waals surface area contributed by atoms with Crippen LogP contribution in [0.25, 0.3) is 11.2 Å². The average Bonchev–Trinajstić information content (AvgIpc) is 3.04. The predicted octanol–water partition coefficient (Wildman–Crippen LogP) is 2.36. The molecule has 0 unspecified atom stereocenters. The summed E-state index contributed by atoms with van der Waals surface area (Å²) in [4.78, 5) is 9.02. The monoisotopic (exact) mass is 295 g/mol. The molecule has 0 N–H and O–H groups in total. The van der Waals surface area contributed by atoms with Gasteiger partial charge in [-0.15, -0.1) is 22.9 Å². The first-order valence-electron chi connectivity index (χ1n) is 6.03. The summed E-state index contributed by atoms with van der Waals surface area (Å²) in [5.74, 6) is 1.56. The maximum Gasteiger partial charge on any atom is 0.159 e. The number of imidazole rings is 1. The van der Waals surface area contributed by atoms with Crippen LogP contribution < -0.4 is 0 Å². The van der Waals surface area contributed by atoms with Crippen LogP contribution in [0.1, 0.15) is 16.5 Å². The molecule has 3 aromatic rings. The highest BCUT2D eigenvalue weighted by molar-refractivity contribution is 7.09. The molecule has 0 saturated carbocycles. The van der Waals surface area contributed by atoms with Gasteiger partial charge >= 0.3 is 0 Å². The van der Waals surface area contributed by atoms with Crippen molar-refractivity contribution in [2.75, 3.05) is 5.88 Å². The molecule has 0 radical (unpaired) electrons. The third-order valence-corrected chi connectivity index (χ3v) is 4.02. The van der Waals surface area contributed by atoms with Crippen molar-refractivity contribution in [3.8, 4) is 0 Å². The van der Waals surface area contributed by atoms with E-state index in [0.717, 1.165) is 40.7 Å². The van der Waals surface area contributed by atoms with E-state index < -0.39 is 0 Å². The Morgan fingerprint density at radius 3 is 2.95 bits per heavy atom. The van der Waals surface area contributed by atoms with Crippen LogP contribution in [-0.2, 0) is 20.0 Å². The van der Waals surface area contributed by atoms with Crippen molar-refractivity contribution < 1.29 is 0 Å². The average molecular weight is 296 g/mol. The molecule has 0 saturated heterocycles. The quantitative estimate of drug-likeness (QED) is 0.694. The molecule has 7 heteroatoms. The van der Waals surface area contributed by atoms with E-state index in [4.69, 9.17) is 11.6 Å². The van der Waals surface area contributed by atoms with Gasteiger partial charge < -0.3 is 4.57 Å². The third kappa shape index (κ3) is 2.15. The standard InChI is InChI=1S/C12H14ClN5S/c1-8-11-12(17(2)16-8)18(9(15-11)3-4-13)7-10-14-5-6-19-10/h5-6H,3-4,7H2,1-2H3. The lowest BCUT2D eigenvalue weighted by molar-refractivity contribution is 0.690.